The second-order valence-corrected chi connectivity index (χ2v) is 5.81. The summed E-state index contributed by atoms with van der Waals surface area (Å²) in [4.78, 5) is 9.49. The van der Waals surface area contributed by atoms with Crippen LogP contribution in [0.5, 0.6) is 0 Å². The van der Waals surface area contributed by atoms with Gasteiger partial charge in [-0.3, -0.25) is 9.88 Å². The normalized spacial score (nSPS) is 22.6. The number of aromatic nitrogens is 1. The van der Waals surface area contributed by atoms with Gasteiger partial charge in [0, 0.05) is 44.1 Å². The lowest BCUT2D eigenvalue weighted by molar-refractivity contribution is 0.0999. The van der Waals surface area contributed by atoms with Gasteiger partial charge in [0.1, 0.15) is 0 Å². The Kier molecular flexibility index (Phi) is 4.36. The minimum absolute atomic E-state index is 0.516. The molecule has 0 aromatic carbocycles. The highest BCUT2D eigenvalue weighted by atomic mass is 15.3. The van der Waals surface area contributed by atoms with Gasteiger partial charge in [0.15, 0.2) is 0 Å². The summed E-state index contributed by atoms with van der Waals surface area (Å²) in [5.41, 5.74) is 2.52. The maximum Gasteiger partial charge on any atom is 0.0429 e. The monoisotopic (exact) mass is 247 g/mol. The fourth-order valence-corrected chi connectivity index (χ4v) is 2.40. The Morgan fingerprint density at radius 1 is 1.33 bits per heavy atom. The predicted molar refractivity (Wildman–Crippen MR) is 75.7 cm³/mol. The molecule has 1 fully saturated rings. The first-order valence-electron chi connectivity index (χ1n) is 6.93. The number of nitrogens with zero attached hydrogens (tertiary/aromatic N) is 3. The molecule has 1 unspecified atom stereocenters. The minimum atomic E-state index is 0.516. The van der Waals surface area contributed by atoms with E-state index in [0.717, 1.165) is 19.6 Å². The maximum absolute atomic E-state index is 4.54. The van der Waals surface area contributed by atoms with Crippen LogP contribution >= 0.6 is 0 Å². The van der Waals surface area contributed by atoms with Crippen LogP contribution in [-0.2, 0) is 6.54 Å². The molecular weight excluding hydrogens is 222 g/mol. The van der Waals surface area contributed by atoms with E-state index in [0.29, 0.717) is 12.0 Å². The quantitative estimate of drug-likeness (QED) is 0.817. The lowest BCUT2D eigenvalue weighted by Crippen LogP contribution is -2.49. The smallest absolute Gasteiger partial charge is 0.0429 e. The summed E-state index contributed by atoms with van der Waals surface area (Å²) in [5.74, 6) is 0.516. The summed E-state index contributed by atoms with van der Waals surface area (Å²) in [6.45, 7) is 11.2. The predicted octanol–water partition coefficient (Wildman–Crippen LogP) is 2.34. The Labute approximate surface area is 111 Å². The van der Waals surface area contributed by atoms with Crippen LogP contribution in [0.4, 0.5) is 0 Å². The van der Waals surface area contributed by atoms with E-state index < -0.39 is 0 Å². The van der Waals surface area contributed by atoms with Crippen molar-refractivity contribution in [2.75, 3.05) is 26.7 Å². The summed E-state index contributed by atoms with van der Waals surface area (Å²) in [5, 5.41) is 0. The number of pyridine rings is 1. The van der Waals surface area contributed by atoms with Gasteiger partial charge in [-0.2, -0.15) is 0 Å². The molecule has 1 atom stereocenters. The van der Waals surface area contributed by atoms with Crippen molar-refractivity contribution in [1.82, 2.24) is 14.8 Å². The van der Waals surface area contributed by atoms with Gasteiger partial charge < -0.3 is 4.90 Å². The molecule has 2 rings (SSSR count). The van der Waals surface area contributed by atoms with Crippen molar-refractivity contribution in [3.05, 3.63) is 29.6 Å². The molecule has 1 aliphatic rings. The molecule has 1 aliphatic heterocycles. The molecule has 0 bridgehead atoms. The Morgan fingerprint density at radius 3 is 2.67 bits per heavy atom. The molecular formula is C15H25N3. The zero-order valence-corrected chi connectivity index (χ0v) is 12.1. The first-order chi connectivity index (χ1) is 8.56. The average Bonchev–Trinajstić information content (AvgIpc) is 2.34. The van der Waals surface area contributed by atoms with Gasteiger partial charge in [-0.15, -0.1) is 0 Å². The van der Waals surface area contributed by atoms with Gasteiger partial charge in [0.25, 0.3) is 0 Å². The number of hydrogen-bond acceptors (Lipinski definition) is 3. The van der Waals surface area contributed by atoms with Gasteiger partial charge in [-0.1, -0.05) is 19.9 Å². The molecule has 0 spiro atoms. The molecule has 0 N–H and O–H groups in total. The van der Waals surface area contributed by atoms with Gasteiger partial charge >= 0.3 is 0 Å². The second-order valence-electron chi connectivity index (χ2n) is 5.81. The molecule has 1 aromatic rings. The third kappa shape index (κ3) is 3.30. The number of likely N-dealkylation sites (N-methyl/N-ethyl adjacent to an activating group) is 1. The topological polar surface area (TPSA) is 19.4 Å². The lowest BCUT2D eigenvalue weighted by Gasteiger charge is -2.37. The molecule has 0 saturated carbocycles. The zero-order chi connectivity index (χ0) is 13.1. The number of rotatable bonds is 3. The second kappa shape index (κ2) is 5.81. The molecule has 2 heterocycles. The van der Waals surface area contributed by atoms with Crippen molar-refractivity contribution < 1.29 is 0 Å². The summed E-state index contributed by atoms with van der Waals surface area (Å²) < 4.78 is 0. The molecule has 0 aliphatic carbocycles. The fourth-order valence-electron chi connectivity index (χ4n) is 2.40. The van der Waals surface area contributed by atoms with Crippen LogP contribution in [0, 0.1) is 0 Å². The van der Waals surface area contributed by atoms with Gasteiger partial charge in [0.05, 0.1) is 0 Å². The average molecular weight is 247 g/mol. The van der Waals surface area contributed by atoms with Crippen molar-refractivity contribution in [3.63, 3.8) is 0 Å². The highest BCUT2D eigenvalue weighted by Gasteiger charge is 2.20. The first kappa shape index (κ1) is 13.5. The van der Waals surface area contributed by atoms with Crippen molar-refractivity contribution in [3.8, 4) is 0 Å². The third-order valence-electron chi connectivity index (χ3n) is 3.89. The van der Waals surface area contributed by atoms with Crippen LogP contribution in [0.15, 0.2) is 18.3 Å². The fraction of sp³-hybridized carbons (Fsp3) is 0.667. The zero-order valence-electron chi connectivity index (χ0n) is 12.1. The molecule has 100 valence electrons. The minimum Gasteiger partial charge on any atom is -0.301 e. The van der Waals surface area contributed by atoms with Crippen molar-refractivity contribution in [2.45, 2.75) is 39.3 Å². The Hall–Kier alpha value is -0.930. The van der Waals surface area contributed by atoms with Crippen molar-refractivity contribution in [2.24, 2.45) is 0 Å². The molecule has 0 radical (unpaired) electrons. The van der Waals surface area contributed by atoms with Crippen LogP contribution in [0.1, 0.15) is 37.9 Å². The molecule has 3 nitrogen and oxygen atoms in total. The van der Waals surface area contributed by atoms with Crippen molar-refractivity contribution in [1.29, 1.82) is 0 Å². The Bertz CT molecular complexity index is 372. The summed E-state index contributed by atoms with van der Waals surface area (Å²) in [6.07, 6.45) is 2.04. The standard InChI is InChI=1S/C15H25N3/c1-12(2)15-6-5-14(9-16-15)11-18-8-7-17(4)13(3)10-18/h5-6,9,12-13H,7-8,10-11H2,1-4H3. The van der Waals surface area contributed by atoms with Crippen LogP contribution in [0.2, 0.25) is 0 Å². The Morgan fingerprint density at radius 2 is 2.11 bits per heavy atom. The van der Waals surface area contributed by atoms with E-state index in [9.17, 15) is 0 Å². The van der Waals surface area contributed by atoms with Gasteiger partial charge in [-0.25, -0.2) is 0 Å². The van der Waals surface area contributed by atoms with Crippen LogP contribution in [-0.4, -0.2) is 47.5 Å². The SMILES string of the molecule is CC(C)c1ccc(CN2CCN(C)C(C)C2)cn1. The molecule has 1 aromatic heterocycles. The molecule has 0 amide bonds. The lowest BCUT2D eigenvalue weighted by atomic mass is 10.1. The molecule has 3 heteroatoms. The van der Waals surface area contributed by atoms with Crippen LogP contribution < -0.4 is 0 Å². The Balaban J connectivity index is 1.93. The summed E-state index contributed by atoms with van der Waals surface area (Å²) >= 11 is 0. The van der Waals surface area contributed by atoms with Gasteiger partial charge in [-0.05, 0) is 31.5 Å². The number of piperazine rings is 1. The van der Waals surface area contributed by atoms with E-state index in [1.807, 2.05) is 6.20 Å². The molecule has 18 heavy (non-hydrogen) atoms. The summed E-state index contributed by atoms with van der Waals surface area (Å²) in [6, 6.07) is 5.05. The van der Waals surface area contributed by atoms with Crippen molar-refractivity contribution >= 4 is 0 Å². The first-order valence-corrected chi connectivity index (χ1v) is 6.93. The maximum atomic E-state index is 4.54. The molecule has 1 saturated heterocycles. The van der Waals surface area contributed by atoms with E-state index >= 15 is 0 Å². The van der Waals surface area contributed by atoms with E-state index in [1.165, 1.54) is 17.8 Å². The summed E-state index contributed by atoms with van der Waals surface area (Å²) in [7, 11) is 2.21. The van der Waals surface area contributed by atoms with E-state index in [2.05, 4.69) is 54.7 Å². The highest BCUT2D eigenvalue weighted by Crippen LogP contribution is 2.14. The largest absolute Gasteiger partial charge is 0.301 e. The van der Waals surface area contributed by atoms with Crippen LogP contribution in [0.25, 0.3) is 0 Å². The van der Waals surface area contributed by atoms with E-state index in [4.69, 9.17) is 0 Å². The third-order valence-corrected chi connectivity index (χ3v) is 3.89. The van der Waals surface area contributed by atoms with E-state index in [-0.39, 0.29) is 0 Å². The van der Waals surface area contributed by atoms with Crippen LogP contribution in [0.3, 0.4) is 0 Å². The number of hydrogen-bond donors (Lipinski definition) is 0. The van der Waals surface area contributed by atoms with E-state index in [1.54, 1.807) is 0 Å². The van der Waals surface area contributed by atoms with Gasteiger partial charge in [0.2, 0.25) is 0 Å². The highest BCUT2D eigenvalue weighted by molar-refractivity contribution is 5.16.